The number of ether oxygens (including phenoxy) is 2. The Morgan fingerprint density at radius 3 is 2.08 bits per heavy atom. The summed E-state index contributed by atoms with van der Waals surface area (Å²) in [6.45, 7) is 10.8. The molecule has 140 valence electrons. The SMILES string of the molecule is CCC(CC(C)CC(C)(C)C)[P+](=O)C(=O)c1c(OC)cccc1OC. The van der Waals surface area contributed by atoms with Crippen LogP contribution in [-0.4, -0.2) is 25.4 Å². The van der Waals surface area contributed by atoms with Crippen molar-refractivity contribution in [3.05, 3.63) is 23.8 Å². The zero-order valence-electron chi connectivity index (χ0n) is 16.6. The first-order valence-electron chi connectivity index (χ1n) is 8.86. The smallest absolute Gasteiger partial charge is 0.423 e. The monoisotopic (exact) mass is 367 g/mol. The van der Waals surface area contributed by atoms with Crippen molar-refractivity contribution in [1.29, 1.82) is 0 Å². The Kier molecular flexibility index (Phi) is 8.08. The Morgan fingerprint density at radius 2 is 1.68 bits per heavy atom. The highest BCUT2D eigenvalue weighted by Crippen LogP contribution is 2.44. The van der Waals surface area contributed by atoms with Crippen LogP contribution >= 0.6 is 7.80 Å². The van der Waals surface area contributed by atoms with Crippen molar-refractivity contribution < 1.29 is 18.8 Å². The van der Waals surface area contributed by atoms with Crippen molar-refractivity contribution in [2.24, 2.45) is 11.3 Å². The highest BCUT2D eigenvalue weighted by Gasteiger charge is 2.42. The number of benzene rings is 1. The van der Waals surface area contributed by atoms with Gasteiger partial charge in [-0.05, 0) is 42.7 Å². The molecule has 0 heterocycles. The van der Waals surface area contributed by atoms with Crippen LogP contribution in [0.15, 0.2) is 18.2 Å². The topological polar surface area (TPSA) is 52.6 Å². The van der Waals surface area contributed by atoms with Gasteiger partial charge in [0.2, 0.25) is 0 Å². The molecule has 0 N–H and O–H groups in total. The molecule has 0 aromatic heterocycles. The molecule has 0 fully saturated rings. The number of hydrogen-bond acceptors (Lipinski definition) is 4. The lowest BCUT2D eigenvalue weighted by Crippen LogP contribution is -2.17. The van der Waals surface area contributed by atoms with Gasteiger partial charge in [0.05, 0.1) is 14.2 Å². The number of methoxy groups -OCH3 is 2. The molecule has 0 aliphatic carbocycles. The maximum absolute atomic E-state index is 13.0. The van der Waals surface area contributed by atoms with E-state index < -0.39 is 7.80 Å². The lowest BCUT2D eigenvalue weighted by Gasteiger charge is -2.23. The van der Waals surface area contributed by atoms with Crippen LogP contribution in [0.25, 0.3) is 0 Å². The second-order valence-electron chi connectivity index (χ2n) is 7.84. The van der Waals surface area contributed by atoms with Gasteiger partial charge in [0.25, 0.3) is 0 Å². The van der Waals surface area contributed by atoms with E-state index in [9.17, 15) is 9.36 Å². The van der Waals surface area contributed by atoms with Crippen LogP contribution in [0.3, 0.4) is 0 Å². The summed E-state index contributed by atoms with van der Waals surface area (Å²) in [4.78, 5) is 12.9. The second kappa shape index (κ2) is 9.33. The molecule has 3 atom stereocenters. The van der Waals surface area contributed by atoms with Gasteiger partial charge in [-0.3, -0.25) is 0 Å². The van der Waals surface area contributed by atoms with Gasteiger partial charge in [0.15, 0.2) is 11.2 Å². The van der Waals surface area contributed by atoms with Gasteiger partial charge >= 0.3 is 13.3 Å². The van der Waals surface area contributed by atoms with Crippen molar-refractivity contribution in [2.75, 3.05) is 14.2 Å². The van der Waals surface area contributed by atoms with Gasteiger partial charge in [-0.25, -0.2) is 4.79 Å². The summed E-state index contributed by atoms with van der Waals surface area (Å²) < 4.78 is 23.6. The third-order valence-corrected chi connectivity index (χ3v) is 6.14. The van der Waals surface area contributed by atoms with E-state index in [1.165, 1.54) is 14.2 Å². The summed E-state index contributed by atoms with van der Waals surface area (Å²) in [6, 6.07) is 5.15. The molecule has 0 amide bonds. The summed E-state index contributed by atoms with van der Waals surface area (Å²) in [6.07, 6.45) is 2.54. The first-order chi connectivity index (χ1) is 11.6. The lowest BCUT2D eigenvalue weighted by molar-refractivity contribution is 0.107. The quantitative estimate of drug-likeness (QED) is 0.509. The maximum atomic E-state index is 13.0. The highest BCUT2D eigenvalue weighted by atomic mass is 31.1. The van der Waals surface area contributed by atoms with Gasteiger partial charge in [0, 0.05) is 0 Å². The first kappa shape index (κ1) is 21.6. The van der Waals surface area contributed by atoms with Crippen LogP contribution < -0.4 is 9.47 Å². The highest BCUT2D eigenvalue weighted by molar-refractivity contribution is 7.65. The second-order valence-corrected chi connectivity index (χ2v) is 9.62. The Hall–Kier alpha value is -1.41. The van der Waals surface area contributed by atoms with Crippen molar-refractivity contribution in [1.82, 2.24) is 0 Å². The molecule has 0 aliphatic rings. The number of hydrogen-bond donors (Lipinski definition) is 0. The molecule has 0 aliphatic heterocycles. The third-order valence-electron chi connectivity index (χ3n) is 4.28. The number of rotatable bonds is 9. The van der Waals surface area contributed by atoms with E-state index in [0.29, 0.717) is 23.8 Å². The van der Waals surface area contributed by atoms with Gasteiger partial charge in [-0.15, -0.1) is 0 Å². The molecular weight excluding hydrogens is 335 g/mol. The fourth-order valence-electron chi connectivity index (χ4n) is 3.36. The minimum absolute atomic E-state index is 0.130. The van der Waals surface area contributed by atoms with Crippen LogP contribution in [0.4, 0.5) is 0 Å². The summed E-state index contributed by atoms with van der Waals surface area (Å²) in [5.41, 5.74) is 0.00304. The minimum atomic E-state index is -2.05. The molecule has 0 saturated carbocycles. The van der Waals surface area contributed by atoms with E-state index >= 15 is 0 Å². The van der Waals surface area contributed by atoms with Crippen molar-refractivity contribution in [2.45, 2.75) is 59.5 Å². The number of carbonyl (C=O) groups excluding carboxylic acids is 1. The van der Waals surface area contributed by atoms with Crippen molar-refractivity contribution in [3.8, 4) is 11.5 Å². The Bertz CT molecular complexity index is 582. The average molecular weight is 367 g/mol. The molecule has 0 saturated heterocycles. The summed E-state index contributed by atoms with van der Waals surface area (Å²) in [5, 5.41) is 0. The molecule has 25 heavy (non-hydrogen) atoms. The van der Waals surface area contributed by atoms with Gasteiger partial charge < -0.3 is 9.47 Å². The van der Waals surface area contributed by atoms with Crippen LogP contribution in [-0.2, 0) is 4.57 Å². The van der Waals surface area contributed by atoms with Crippen LogP contribution in [0.1, 0.15) is 64.2 Å². The molecule has 1 aromatic rings. The molecule has 3 unspecified atom stereocenters. The van der Waals surface area contributed by atoms with E-state index in [4.69, 9.17) is 9.47 Å². The zero-order chi connectivity index (χ0) is 19.2. The lowest BCUT2D eigenvalue weighted by atomic mass is 9.83. The summed E-state index contributed by atoms with van der Waals surface area (Å²) >= 11 is 0. The van der Waals surface area contributed by atoms with Gasteiger partial charge in [0.1, 0.15) is 11.5 Å². The van der Waals surface area contributed by atoms with E-state index in [0.717, 1.165) is 12.8 Å². The fourth-order valence-corrected chi connectivity index (χ4v) is 5.01. The molecule has 5 heteroatoms. The Balaban J connectivity index is 3.02. The zero-order valence-corrected chi connectivity index (χ0v) is 17.5. The van der Waals surface area contributed by atoms with Crippen LogP contribution in [0.5, 0.6) is 11.5 Å². The fraction of sp³-hybridized carbons (Fsp3) is 0.650. The predicted octanol–water partition coefficient (Wildman–Crippen LogP) is 5.91. The van der Waals surface area contributed by atoms with E-state index in [1.54, 1.807) is 18.2 Å². The molecule has 4 nitrogen and oxygen atoms in total. The third kappa shape index (κ3) is 6.11. The predicted molar refractivity (Wildman–Crippen MR) is 103 cm³/mol. The molecule has 0 bridgehead atoms. The molecule has 0 radical (unpaired) electrons. The maximum Gasteiger partial charge on any atom is 0.423 e. The van der Waals surface area contributed by atoms with E-state index in [1.807, 2.05) is 6.92 Å². The first-order valence-corrected chi connectivity index (χ1v) is 10.2. The Morgan fingerprint density at radius 1 is 1.16 bits per heavy atom. The van der Waals surface area contributed by atoms with E-state index in [2.05, 4.69) is 27.7 Å². The normalized spacial score (nSPS) is 14.6. The molecule has 0 spiro atoms. The van der Waals surface area contributed by atoms with Gasteiger partial charge in [-0.2, -0.15) is 0 Å². The van der Waals surface area contributed by atoms with Crippen molar-refractivity contribution in [3.63, 3.8) is 0 Å². The van der Waals surface area contributed by atoms with Crippen molar-refractivity contribution >= 4 is 13.3 Å². The van der Waals surface area contributed by atoms with Crippen LogP contribution in [0.2, 0.25) is 0 Å². The largest absolute Gasteiger partial charge is 0.496 e. The minimum Gasteiger partial charge on any atom is -0.496 e. The molecule has 1 aromatic carbocycles. The standard InChI is InChI=1S/C20H32O4P/c1-8-15(12-14(2)13-20(3,4)5)25(22)19(21)18-16(23-6)10-9-11-17(18)24-7/h9-11,14-15H,8,12-13H2,1-7H3/q+1. The van der Waals surface area contributed by atoms with Crippen LogP contribution in [0, 0.1) is 11.3 Å². The summed E-state index contributed by atoms with van der Waals surface area (Å²) in [5.74, 6) is 1.23. The Labute approximate surface area is 153 Å². The molecular formula is C20H32O4P+. The van der Waals surface area contributed by atoms with Gasteiger partial charge in [-0.1, -0.05) is 45.3 Å². The summed E-state index contributed by atoms with van der Waals surface area (Å²) in [7, 11) is 0.954. The average Bonchev–Trinajstić information content (AvgIpc) is 2.55. The number of carbonyl (C=O) groups is 1. The van der Waals surface area contributed by atoms with E-state index in [-0.39, 0.29) is 22.2 Å². The molecule has 1 rings (SSSR count).